The number of Topliss-reactive ketones (excluding diaryl/α,β-unsaturated/α-hetero) is 1. The molecule has 2 N–H and O–H groups in total. The molecule has 1 fully saturated rings. The first-order chi connectivity index (χ1) is 5.40. The molecule has 0 unspecified atom stereocenters. The Hall–Kier alpha value is -0.410. The molecule has 0 aromatic rings. The molecule has 3 nitrogen and oxygen atoms in total. The molecular weight excluding hydrogens is 156 g/mol. The second-order valence-electron chi connectivity index (χ2n) is 3.90. The number of carbonyl (C=O) groups is 1. The third-order valence-corrected chi connectivity index (χ3v) is 2.93. The molecule has 0 bridgehead atoms. The van der Waals surface area contributed by atoms with Crippen LogP contribution in [0, 0.1) is 0 Å². The van der Waals surface area contributed by atoms with E-state index in [9.17, 15) is 15.0 Å². The van der Waals surface area contributed by atoms with Gasteiger partial charge in [0, 0.05) is 0 Å². The highest BCUT2D eigenvalue weighted by Gasteiger charge is 2.50. The molecule has 12 heavy (non-hydrogen) atoms. The van der Waals surface area contributed by atoms with E-state index in [1.807, 2.05) is 0 Å². The fourth-order valence-corrected chi connectivity index (χ4v) is 1.88. The van der Waals surface area contributed by atoms with E-state index in [-0.39, 0.29) is 5.78 Å². The van der Waals surface area contributed by atoms with Gasteiger partial charge in [-0.15, -0.1) is 0 Å². The highest BCUT2D eigenvalue weighted by atomic mass is 16.4. The van der Waals surface area contributed by atoms with Crippen LogP contribution in [0.15, 0.2) is 0 Å². The smallest absolute Gasteiger partial charge is 0.164 e. The van der Waals surface area contributed by atoms with E-state index in [1.54, 1.807) is 0 Å². The van der Waals surface area contributed by atoms with E-state index in [4.69, 9.17) is 0 Å². The van der Waals surface area contributed by atoms with Crippen LogP contribution in [0.25, 0.3) is 0 Å². The van der Waals surface area contributed by atoms with Crippen LogP contribution in [0.3, 0.4) is 0 Å². The number of aliphatic hydroxyl groups is 2. The number of hydrogen-bond donors (Lipinski definition) is 2. The number of rotatable bonds is 1. The van der Waals surface area contributed by atoms with Gasteiger partial charge in [0.1, 0.15) is 0 Å². The second kappa shape index (κ2) is 2.82. The Bertz CT molecular complexity index is 198. The SMILES string of the molecule is CC(=O)[C@@]1(O)CCCC[C@@]1(C)O. The molecule has 0 radical (unpaired) electrons. The van der Waals surface area contributed by atoms with Crippen molar-refractivity contribution in [2.45, 2.75) is 50.7 Å². The van der Waals surface area contributed by atoms with Crippen LogP contribution in [-0.4, -0.2) is 27.2 Å². The van der Waals surface area contributed by atoms with Gasteiger partial charge in [0.2, 0.25) is 0 Å². The Balaban J connectivity index is 2.91. The van der Waals surface area contributed by atoms with E-state index in [0.29, 0.717) is 12.8 Å². The molecule has 0 aliphatic heterocycles. The molecule has 0 aromatic heterocycles. The Morgan fingerprint density at radius 2 is 1.75 bits per heavy atom. The van der Waals surface area contributed by atoms with Gasteiger partial charge in [-0.2, -0.15) is 0 Å². The second-order valence-corrected chi connectivity index (χ2v) is 3.90. The quantitative estimate of drug-likeness (QED) is 0.610. The van der Waals surface area contributed by atoms with Crippen molar-refractivity contribution < 1.29 is 15.0 Å². The van der Waals surface area contributed by atoms with Crippen molar-refractivity contribution in [2.75, 3.05) is 0 Å². The lowest BCUT2D eigenvalue weighted by molar-refractivity contribution is -0.179. The molecule has 2 atom stereocenters. The zero-order valence-electron chi connectivity index (χ0n) is 7.63. The predicted octanol–water partition coefficient (Wildman–Crippen LogP) is 0.631. The Kier molecular flexibility index (Phi) is 2.27. The minimum Gasteiger partial charge on any atom is -0.387 e. The summed E-state index contributed by atoms with van der Waals surface area (Å²) in [5, 5.41) is 19.7. The lowest BCUT2D eigenvalue weighted by Gasteiger charge is -2.42. The van der Waals surface area contributed by atoms with Crippen LogP contribution in [0.5, 0.6) is 0 Å². The fraction of sp³-hybridized carbons (Fsp3) is 0.889. The highest BCUT2D eigenvalue weighted by Crippen LogP contribution is 2.37. The number of hydrogen-bond acceptors (Lipinski definition) is 3. The molecule has 3 heteroatoms. The molecule has 0 saturated heterocycles. The van der Waals surface area contributed by atoms with Gasteiger partial charge in [0.05, 0.1) is 5.60 Å². The van der Waals surface area contributed by atoms with Gasteiger partial charge >= 0.3 is 0 Å². The predicted molar refractivity (Wildman–Crippen MR) is 44.7 cm³/mol. The molecule has 1 aliphatic carbocycles. The maximum absolute atomic E-state index is 11.1. The average Bonchev–Trinajstić information content (AvgIpc) is 1.95. The van der Waals surface area contributed by atoms with Crippen LogP contribution in [-0.2, 0) is 4.79 Å². The third-order valence-electron chi connectivity index (χ3n) is 2.93. The largest absolute Gasteiger partial charge is 0.387 e. The van der Waals surface area contributed by atoms with Crippen LogP contribution < -0.4 is 0 Å². The molecule has 70 valence electrons. The Morgan fingerprint density at radius 3 is 2.08 bits per heavy atom. The van der Waals surface area contributed by atoms with E-state index in [1.165, 1.54) is 13.8 Å². The van der Waals surface area contributed by atoms with Crippen LogP contribution in [0.4, 0.5) is 0 Å². The van der Waals surface area contributed by atoms with Crippen LogP contribution >= 0.6 is 0 Å². The lowest BCUT2D eigenvalue weighted by atomic mass is 9.71. The van der Waals surface area contributed by atoms with Crippen molar-refractivity contribution >= 4 is 5.78 Å². The molecule has 0 amide bonds. The topological polar surface area (TPSA) is 57.5 Å². The monoisotopic (exact) mass is 172 g/mol. The van der Waals surface area contributed by atoms with Crippen molar-refractivity contribution in [1.82, 2.24) is 0 Å². The Labute approximate surface area is 72.4 Å². The van der Waals surface area contributed by atoms with Gasteiger partial charge in [-0.05, 0) is 33.1 Å². The molecule has 1 saturated carbocycles. The van der Waals surface area contributed by atoms with Crippen molar-refractivity contribution in [2.24, 2.45) is 0 Å². The minimum atomic E-state index is -1.51. The van der Waals surface area contributed by atoms with Gasteiger partial charge in [-0.3, -0.25) is 4.79 Å². The van der Waals surface area contributed by atoms with E-state index in [0.717, 1.165) is 12.8 Å². The van der Waals surface area contributed by atoms with Gasteiger partial charge in [0.15, 0.2) is 11.4 Å². The van der Waals surface area contributed by atoms with Gasteiger partial charge in [-0.25, -0.2) is 0 Å². The number of carbonyl (C=O) groups excluding carboxylic acids is 1. The summed E-state index contributed by atoms with van der Waals surface area (Å²) >= 11 is 0. The summed E-state index contributed by atoms with van der Waals surface area (Å²) in [6, 6.07) is 0. The zero-order valence-corrected chi connectivity index (χ0v) is 7.63. The molecular formula is C9H16O3. The summed E-state index contributed by atoms with van der Waals surface area (Å²) in [5.74, 6) is -0.327. The standard InChI is InChI=1S/C9H16O3/c1-7(10)9(12)6-4-3-5-8(9,2)11/h11-12H,3-6H2,1-2H3/t8-,9+/m1/s1. The molecule has 1 rings (SSSR count). The summed E-state index contributed by atoms with van der Waals surface area (Å²) in [4.78, 5) is 11.1. The first kappa shape index (κ1) is 9.68. The van der Waals surface area contributed by atoms with E-state index < -0.39 is 11.2 Å². The highest BCUT2D eigenvalue weighted by molar-refractivity contribution is 5.86. The van der Waals surface area contributed by atoms with Crippen molar-refractivity contribution in [3.63, 3.8) is 0 Å². The van der Waals surface area contributed by atoms with Crippen LogP contribution in [0.1, 0.15) is 39.5 Å². The van der Waals surface area contributed by atoms with Crippen LogP contribution in [0.2, 0.25) is 0 Å². The summed E-state index contributed by atoms with van der Waals surface area (Å²) in [6.45, 7) is 2.87. The number of ketones is 1. The summed E-state index contributed by atoms with van der Waals surface area (Å²) < 4.78 is 0. The van der Waals surface area contributed by atoms with Crippen molar-refractivity contribution in [3.8, 4) is 0 Å². The molecule has 0 heterocycles. The fourth-order valence-electron chi connectivity index (χ4n) is 1.88. The molecule has 0 spiro atoms. The minimum absolute atomic E-state index is 0.327. The van der Waals surface area contributed by atoms with Gasteiger partial charge in [-0.1, -0.05) is 6.42 Å². The first-order valence-corrected chi connectivity index (χ1v) is 4.36. The van der Waals surface area contributed by atoms with Gasteiger partial charge in [0.25, 0.3) is 0 Å². The average molecular weight is 172 g/mol. The Morgan fingerprint density at radius 1 is 1.25 bits per heavy atom. The van der Waals surface area contributed by atoms with E-state index in [2.05, 4.69) is 0 Å². The maximum Gasteiger partial charge on any atom is 0.164 e. The zero-order chi connectivity index (χ0) is 9.41. The normalized spacial score (nSPS) is 42.7. The van der Waals surface area contributed by atoms with Crippen molar-refractivity contribution in [1.29, 1.82) is 0 Å². The summed E-state index contributed by atoms with van der Waals surface area (Å²) in [7, 11) is 0. The molecule has 0 aromatic carbocycles. The van der Waals surface area contributed by atoms with Gasteiger partial charge < -0.3 is 10.2 Å². The summed E-state index contributed by atoms with van der Waals surface area (Å²) in [6.07, 6.45) is 2.58. The third kappa shape index (κ3) is 1.27. The molecule has 1 aliphatic rings. The first-order valence-electron chi connectivity index (χ1n) is 4.36. The lowest BCUT2D eigenvalue weighted by Crippen LogP contribution is -2.58. The summed E-state index contributed by atoms with van der Waals surface area (Å²) in [5.41, 5.74) is -2.75. The van der Waals surface area contributed by atoms with Crippen molar-refractivity contribution in [3.05, 3.63) is 0 Å². The maximum atomic E-state index is 11.1. The van der Waals surface area contributed by atoms with E-state index >= 15 is 0 Å².